The molecule has 1 unspecified atom stereocenters. The van der Waals surface area contributed by atoms with Crippen molar-refractivity contribution in [1.29, 1.82) is 0 Å². The number of nitrogens with zero attached hydrogens (tertiary/aromatic N) is 4. The molecular weight excluding hydrogens is 249 g/mol. The summed E-state index contributed by atoms with van der Waals surface area (Å²) in [4.78, 5) is 8.06. The summed E-state index contributed by atoms with van der Waals surface area (Å²) in [5.74, 6) is 0.275. The van der Waals surface area contributed by atoms with E-state index in [4.69, 9.17) is 10.9 Å². The maximum absolute atomic E-state index is 13.6. The fraction of sp³-hybridized carbons (Fsp3) is 0.500. The molecule has 0 aromatic carbocycles. The number of halogens is 1. The second kappa shape index (κ2) is 5.83. The van der Waals surface area contributed by atoms with Gasteiger partial charge in [-0.2, -0.15) is 0 Å². The molecule has 1 atom stereocenters. The fourth-order valence-electron chi connectivity index (χ4n) is 2.20. The molecule has 0 spiro atoms. The van der Waals surface area contributed by atoms with Gasteiger partial charge < -0.3 is 15.8 Å². The van der Waals surface area contributed by atoms with Crippen LogP contribution >= 0.6 is 0 Å². The predicted octanol–water partition coefficient (Wildman–Crippen LogP) is 0.478. The first-order valence-corrected chi connectivity index (χ1v) is 6.20. The van der Waals surface area contributed by atoms with Crippen molar-refractivity contribution in [3.8, 4) is 0 Å². The number of oxime groups is 1. The molecule has 1 saturated heterocycles. The van der Waals surface area contributed by atoms with Crippen LogP contribution in [-0.4, -0.2) is 53.1 Å². The summed E-state index contributed by atoms with van der Waals surface area (Å²) < 4.78 is 13.6. The maximum atomic E-state index is 13.6. The molecule has 6 nitrogen and oxygen atoms in total. The molecule has 0 amide bonds. The van der Waals surface area contributed by atoms with E-state index in [2.05, 4.69) is 15.0 Å². The summed E-state index contributed by atoms with van der Waals surface area (Å²) >= 11 is 0. The zero-order chi connectivity index (χ0) is 13.8. The summed E-state index contributed by atoms with van der Waals surface area (Å²) in [6.45, 7) is 4.64. The van der Waals surface area contributed by atoms with Gasteiger partial charge in [-0.05, 0) is 19.1 Å². The van der Waals surface area contributed by atoms with Crippen LogP contribution in [0.3, 0.4) is 0 Å². The third-order valence-corrected chi connectivity index (χ3v) is 3.44. The highest BCUT2D eigenvalue weighted by Gasteiger charge is 2.25. The van der Waals surface area contributed by atoms with Crippen molar-refractivity contribution in [1.82, 2.24) is 9.88 Å². The standard InChI is InChI=1S/C12H18FN5O/c1-9(11(14)16-19)17-5-7-18(8-6-17)12-10(13)3-2-4-15-12/h2-4,9,19H,5-8H2,1H3,(H2,14,16). The number of pyridine rings is 1. The Morgan fingerprint density at radius 1 is 1.47 bits per heavy atom. The zero-order valence-electron chi connectivity index (χ0n) is 10.8. The maximum Gasteiger partial charge on any atom is 0.165 e. The first kappa shape index (κ1) is 13.5. The Balaban J connectivity index is 1.98. The molecule has 1 aliphatic rings. The van der Waals surface area contributed by atoms with Gasteiger partial charge >= 0.3 is 0 Å². The molecule has 2 heterocycles. The van der Waals surface area contributed by atoms with E-state index in [1.807, 2.05) is 11.8 Å². The molecule has 0 bridgehead atoms. The van der Waals surface area contributed by atoms with Crippen LogP contribution in [0.2, 0.25) is 0 Å². The summed E-state index contributed by atoms with van der Waals surface area (Å²) in [5, 5.41) is 11.7. The lowest BCUT2D eigenvalue weighted by Crippen LogP contribution is -2.53. The molecule has 2 rings (SSSR count). The normalized spacial score (nSPS) is 19.5. The van der Waals surface area contributed by atoms with Gasteiger partial charge in [-0.1, -0.05) is 5.16 Å². The van der Waals surface area contributed by atoms with Crippen LogP contribution < -0.4 is 10.6 Å². The van der Waals surface area contributed by atoms with Crippen molar-refractivity contribution in [2.24, 2.45) is 10.9 Å². The number of amidine groups is 1. The van der Waals surface area contributed by atoms with Crippen LogP contribution in [0.15, 0.2) is 23.5 Å². The van der Waals surface area contributed by atoms with E-state index in [0.29, 0.717) is 32.0 Å². The van der Waals surface area contributed by atoms with Crippen LogP contribution in [-0.2, 0) is 0 Å². The monoisotopic (exact) mass is 267 g/mol. The molecule has 1 aliphatic heterocycles. The number of anilines is 1. The van der Waals surface area contributed by atoms with Crippen molar-refractivity contribution in [3.05, 3.63) is 24.1 Å². The van der Waals surface area contributed by atoms with E-state index >= 15 is 0 Å². The number of nitrogens with two attached hydrogens (primary N) is 1. The van der Waals surface area contributed by atoms with Gasteiger partial charge in [0.2, 0.25) is 0 Å². The Hall–Kier alpha value is -1.89. The van der Waals surface area contributed by atoms with Gasteiger partial charge in [0, 0.05) is 32.4 Å². The highest BCUT2D eigenvalue weighted by atomic mass is 19.1. The third-order valence-electron chi connectivity index (χ3n) is 3.44. The Bertz CT molecular complexity index is 459. The van der Waals surface area contributed by atoms with Gasteiger partial charge in [-0.15, -0.1) is 0 Å². The van der Waals surface area contributed by atoms with Crippen molar-refractivity contribution >= 4 is 11.7 Å². The van der Waals surface area contributed by atoms with Gasteiger partial charge in [0.25, 0.3) is 0 Å². The molecule has 1 aromatic rings. The molecule has 7 heteroatoms. The van der Waals surface area contributed by atoms with Crippen LogP contribution in [0.1, 0.15) is 6.92 Å². The third kappa shape index (κ3) is 2.93. The van der Waals surface area contributed by atoms with Gasteiger partial charge in [-0.3, -0.25) is 4.90 Å². The Morgan fingerprint density at radius 2 is 2.16 bits per heavy atom. The number of aromatic nitrogens is 1. The summed E-state index contributed by atoms with van der Waals surface area (Å²) in [7, 11) is 0. The number of piperazine rings is 1. The molecule has 0 radical (unpaired) electrons. The SMILES string of the molecule is CC(C(N)=NO)N1CCN(c2ncccc2F)CC1. The lowest BCUT2D eigenvalue weighted by Gasteiger charge is -2.38. The molecule has 1 fully saturated rings. The highest BCUT2D eigenvalue weighted by Crippen LogP contribution is 2.17. The lowest BCUT2D eigenvalue weighted by molar-refractivity contribution is 0.229. The second-order valence-electron chi connectivity index (χ2n) is 4.53. The summed E-state index contributed by atoms with van der Waals surface area (Å²) in [5.41, 5.74) is 5.59. The Labute approximate surface area is 111 Å². The van der Waals surface area contributed by atoms with E-state index in [9.17, 15) is 4.39 Å². The molecule has 19 heavy (non-hydrogen) atoms. The lowest BCUT2D eigenvalue weighted by atomic mass is 10.2. The van der Waals surface area contributed by atoms with E-state index < -0.39 is 0 Å². The van der Waals surface area contributed by atoms with E-state index in [-0.39, 0.29) is 17.7 Å². The van der Waals surface area contributed by atoms with Gasteiger partial charge in [-0.25, -0.2) is 9.37 Å². The Kier molecular flexibility index (Phi) is 4.16. The number of rotatable bonds is 3. The largest absolute Gasteiger partial charge is 0.409 e. The van der Waals surface area contributed by atoms with Crippen LogP contribution in [0.5, 0.6) is 0 Å². The van der Waals surface area contributed by atoms with E-state index in [0.717, 1.165) is 0 Å². The van der Waals surface area contributed by atoms with Crippen molar-refractivity contribution in [2.45, 2.75) is 13.0 Å². The van der Waals surface area contributed by atoms with E-state index in [1.165, 1.54) is 6.07 Å². The Morgan fingerprint density at radius 3 is 2.74 bits per heavy atom. The van der Waals surface area contributed by atoms with Gasteiger partial charge in [0.1, 0.15) is 0 Å². The number of hydrogen-bond acceptors (Lipinski definition) is 5. The quantitative estimate of drug-likeness (QED) is 0.360. The average Bonchev–Trinajstić information content (AvgIpc) is 2.46. The number of hydrogen-bond donors (Lipinski definition) is 2. The second-order valence-corrected chi connectivity index (χ2v) is 4.53. The minimum atomic E-state index is -0.305. The summed E-state index contributed by atoms with van der Waals surface area (Å²) in [6.07, 6.45) is 1.59. The fourth-order valence-corrected chi connectivity index (χ4v) is 2.20. The van der Waals surface area contributed by atoms with Crippen molar-refractivity contribution in [3.63, 3.8) is 0 Å². The predicted molar refractivity (Wildman–Crippen MR) is 70.9 cm³/mol. The smallest absolute Gasteiger partial charge is 0.165 e. The molecule has 3 N–H and O–H groups in total. The van der Waals surface area contributed by atoms with Crippen molar-refractivity contribution < 1.29 is 9.60 Å². The molecule has 1 aromatic heterocycles. The first-order chi connectivity index (χ1) is 9.13. The van der Waals surface area contributed by atoms with Crippen LogP contribution in [0.25, 0.3) is 0 Å². The van der Waals surface area contributed by atoms with Crippen LogP contribution in [0, 0.1) is 5.82 Å². The van der Waals surface area contributed by atoms with E-state index in [1.54, 1.807) is 12.3 Å². The highest BCUT2D eigenvalue weighted by molar-refractivity contribution is 5.84. The molecule has 0 saturated carbocycles. The van der Waals surface area contributed by atoms with Crippen LogP contribution in [0.4, 0.5) is 10.2 Å². The zero-order valence-corrected chi connectivity index (χ0v) is 10.8. The minimum Gasteiger partial charge on any atom is -0.409 e. The van der Waals surface area contributed by atoms with Crippen molar-refractivity contribution in [2.75, 3.05) is 31.1 Å². The first-order valence-electron chi connectivity index (χ1n) is 6.20. The van der Waals surface area contributed by atoms with Gasteiger partial charge in [0.15, 0.2) is 17.5 Å². The molecule has 0 aliphatic carbocycles. The molecule has 104 valence electrons. The van der Waals surface area contributed by atoms with Gasteiger partial charge in [0.05, 0.1) is 6.04 Å². The summed E-state index contributed by atoms with van der Waals surface area (Å²) in [6, 6.07) is 2.87. The minimum absolute atomic E-state index is 0.124. The average molecular weight is 267 g/mol. The molecular formula is C12H18FN5O. The topological polar surface area (TPSA) is 78.0 Å².